The van der Waals surface area contributed by atoms with Crippen molar-refractivity contribution in [3.8, 4) is 0 Å². The van der Waals surface area contributed by atoms with Crippen LogP contribution in [0.3, 0.4) is 0 Å². The van der Waals surface area contributed by atoms with E-state index in [1.54, 1.807) is 33.4 Å². The zero-order valence-corrected chi connectivity index (χ0v) is 17.2. The minimum absolute atomic E-state index is 0.0194. The maximum atomic E-state index is 13.9. The average Bonchev–Trinajstić information content (AvgIpc) is 3.26. The molecular weight excluding hydrogens is 393 g/mol. The fourth-order valence-electron chi connectivity index (χ4n) is 4.72. The molecule has 2 heterocycles. The Hall–Kier alpha value is -3.41. The summed E-state index contributed by atoms with van der Waals surface area (Å²) in [5, 5.41) is 3.16. The molecule has 158 valence electrons. The minimum Gasteiger partial charge on any atom is -0.349 e. The van der Waals surface area contributed by atoms with E-state index in [4.69, 9.17) is 0 Å². The smallest absolute Gasteiger partial charge is 0.275 e. The largest absolute Gasteiger partial charge is 0.349 e. The quantitative estimate of drug-likeness (QED) is 0.524. The number of hydrogen-bond donors (Lipinski definition) is 1. The van der Waals surface area contributed by atoms with Gasteiger partial charge in [-0.3, -0.25) is 9.59 Å². The van der Waals surface area contributed by atoms with E-state index in [0.717, 1.165) is 24.8 Å². The number of nitrogens with zero attached hydrogens (tertiary/aromatic N) is 2. The van der Waals surface area contributed by atoms with E-state index < -0.39 is 0 Å². The van der Waals surface area contributed by atoms with Crippen molar-refractivity contribution in [1.29, 1.82) is 0 Å². The van der Waals surface area contributed by atoms with E-state index in [0.29, 0.717) is 30.4 Å². The highest BCUT2D eigenvalue weighted by Gasteiger charge is 2.21. The zero-order chi connectivity index (χ0) is 21.4. The molecule has 0 spiro atoms. The van der Waals surface area contributed by atoms with Gasteiger partial charge in [0.2, 0.25) is 5.91 Å². The summed E-state index contributed by atoms with van der Waals surface area (Å²) in [5.74, 6) is -0.408. The van der Waals surface area contributed by atoms with Gasteiger partial charge < -0.3 is 14.3 Å². The van der Waals surface area contributed by atoms with E-state index in [1.807, 2.05) is 12.1 Å². The van der Waals surface area contributed by atoms with Crippen molar-refractivity contribution in [1.82, 2.24) is 14.3 Å². The highest BCUT2D eigenvalue weighted by Crippen LogP contribution is 2.29. The van der Waals surface area contributed by atoms with Crippen LogP contribution in [-0.2, 0) is 17.8 Å². The first-order valence-electron chi connectivity index (χ1n) is 10.8. The SMILES string of the molecule is O=C(CCCn1c(=O)c2cccn2c2ccc(F)cc21)N[C@H]1CCCc2ccccc21. The van der Waals surface area contributed by atoms with Gasteiger partial charge in [0.1, 0.15) is 11.3 Å². The lowest BCUT2D eigenvalue weighted by molar-refractivity contribution is -0.122. The third kappa shape index (κ3) is 3.63. The van der Waals surface area contributed by atoms with Crippen LogP contribution in [0.5, 0.6) is 0 Å². The third-order valence-corrected chi connectivity index (χ3v) is 6.19. The first kappa shape index (κ1) is 19.5. The van der Waals surface area contributed by atoms with Crippen LogP contribution in [0.15, 0.2) is 65.6 Å². The number of benzene rings is 2. The van der Waals surface area contributed by atoms with Crippen LogP contribution >= 0.6 is 0 Å². The standard InChI is InChI=1S/C25H24FN3O2/c26-18-12-13-21-23(16-18)29(25(31)22-10-4-14-28(21)22)15-5-11-24(30)27-20-9-3-7-17-6-1-2-8-19(17)20/h1-2,4,6,8,10,12-14,16,20H,3,5,7,9,11,15H2,(H,27,30)/t20-/m0/s1. The monoisotopic (exact) mass is 417 g/mol. The Labute approximate surface area is 179 Å². The summed E-state index contributed by atoms with van der Waals surface area (Å²) < 4.78 is 17.3. The second kappa shape index (κ2) is 8.02. The Morgan fingerprint density at radius 1 is 1.06 bits per heavy atom. The van der Waals surface area contributed by atoms with Crippen LogP contribution in [0.1, 0.15) is 42.9 Å². The maximum absolute atomic E-state index is 13.9. The van der Waals surface area contributed by atoms with Crippen molar-refractivity contribution in [3.05, 3.63) is 88.1 Å². The van der Waals surface area contributed by atoms with Gasteiger partial charge in [-0.1, -0.05) is 24.3 Å². The van der Waals surface area contributed by atoms with Gasteiger partial charge in [-0.05, 0) is 67.1 Å². The van der Waals surface area contributed by atoms with E-state index in [2.05, 4.69) is 17.4 Å². The van der Waals surface area contributed by atoms with Crippen molar-refractivity contribution in [2.45, 2.75) is 44.7 Å². The summed E-state index contributed by atoms with van der Waals surface area (Å²) in [6.07, 6.45) is 5.67. The number of fused-ring (bicyclic) bond motifs is 4. The minimum atomic E-state index is -0.388. The molecule has 1 aliphatic rings. The summed E-state index contributed by atoms with van der Waals surface area (Å²) in [4.78, 5) is 25.6. The number of hydrogen-bond acceptors (Lipinski definition) is 2. The summed E-state index contributed by atoms with van der Waals surface area (Å²) in [7, 11) is 0. The Balaban J connectivity index is 1.33. The molecule has 1 atom stereocenters. The van der Waals surface area contributed by atoms with Gasteiger partial charge in [-0.25, -0.2) is 4.39 Å². The molecule has 0 aliphatic heterocycles. The molecule has 6 heteroatoms. The van der Waals surface area contributed by atoms with Crippen LogP contribution in [0.25, 0.3) is 16.6 Å². The molecular formula is C25H24FN3O2. The van der Waals surface area contributed by atoms with Gasteiger partial charge in [-0.15, -0.1) is 0 Å². The van der Waals surface area contributed by atoms with Gasteiger partial charge in [0.25, 0.3) is 5.56 Å². The Morgan fingerprint density at radius 3 is 2.84 bits per heavy atom. The fraction of sp³-hybridized carbons (Fsp3) is 0.280. The molecule has 31 heavy (non-hydrogen) atoms. The summed E-state index contributed by atoms with van der Waals surface area (Å²) in [6.45, 7) is 0.356. The van der Waals surface area contributed by atoms with Gasteiger partial charge in [0.05, 0.1) is 17.1 Å². The molecule has 5 nitrogen and oxygen atoms in total. The van der Waals surface area contributed by atoms with Gasteiger partial charge in [-0.2, -0.15) is 0 Å². The third-order valence-electron chi connectivity index (χ3n) is 6.19. The number of nitrogens with one attached hydrogen (secondary N) is 1. The molecule has 0 bridgehead atoms. The molecule has 0 saturated carbocycles. The molecule has 2 aromatic carbocycles. The van der Waals surface area contributed by atoms with Crippen LogP contribution in [0.2, 0.25) is 0 Å². The van der Waals surface area contributed by atoms with E-state index in [1.165, 1.54) is 23.3 Å². The lowest BCUT2D eigenvalue weighted by Gasteiger charge is -2.26. The van der Waals surface area contributed by atoms with Crippen molar-refractivity contribution in [2.24, 2.45) is 0 Å². The van der Waals surface area contributed by atoms with E-state index in [9.17, 15) is 14.0 Å². The predicted molar refractivity (Wildman–Crippen MR) is 119 cm³/mol. The average molecular weight is 417 g/mol. The van der Waals surface area contributed by atoms with Gasteiger partial charge in [0, 0.05) is 19.2 Å². The number of amides is 1. The van der Waals surface area contributed by atoms with E-state index >= 15 is 0 Å². The highest BCUT2D eigenvalue weighted by molar-refractivity contribution is 5.79. The predicted octanol–water partition coefficient (Wildman–Crippen LogP) is 4.37. The lowest BCUT2D eigenvalue weighted by atomic mass is 9.87. The molecule has 4 aromatic rings. The number of aromatic nitrogens is 2. The molecule has 1 N–H and O–H groups in total. The summed E-state index contributed by atoms with van der Waals surface area (Å²) >= 11 is 0. The molecule has 0 unspecified atom stereocenters. The second-order valence-electron chi connectivity index (χ2n) is 8.17. The lowest BCUT2D eigenvalue weighted by Crippen LogP contribution is -2.31. The Morgan fingerprint density at radius 2 is 1.94 bits per heavy atom. The normalized spacial score (nSPS) is 15.8. The first-order chi connectivity index (χ1) is 15.1. The zero-order valence-electron chi connectivity index (χ0n) is 17.2. The number of aryl methyl sites for hydroxylation is 2. The Bertz CT molecular complexity index is 1340. The molecule has 0 radical (unpaired) electrons. The van der Waals surface area contributed by atoms with Crippen LogP contribution in [0, 0.1) is 5.82 Å². The van der Waals surface area contributed by atoms with Crippen molar-refractivity contribution in [2.75, 3.05) is 0 Å². The number of carbonyl (C=O) groups is 1. The van der Waals surface area contributed by atoms with Crippen molar-refractivity contribution >= 4 is 22.5 Å². The molecule has 1 amide bonds. The molecule has 0 saturated heterocycles. The molecule has 1 aliphatic carbocycles. The van der Waals surface area contributed by atoms with Gasteiger partial charge >= 0.3 is 0 Å². The molecule has 0 fully saturated rings. The Kier molecular flexibility index (Phi) is 5.06. The molecule has 5 rings (SSSR count). The van der Waals surface area contributed by atoms with Crippen molar-refractivity contribution in [3.63, 3.8) is 0 Å². The second-order valence-corrected chi connectivity index (χ2v) is 8.17. The van der Waals surface area contributed by atoms with Crippen molar-refractivity contribution < 1.29 is 9.18 Å². The van der Waals surface area contributed by atoms with Crippen LogP contribution < -0.4 is 10.9 Å². The van der Waals surface area contributed by atoms with Crippen LogP contribution in [-0.4, -0.2) is 14.9 Å². The number of carbonyl (C=O) groups excluding carboxylic acids is 1. The number of rotatable bonds is 5. The summed E-state index contributed by atoms with van der Waals surface area (Å²) in [6, 6.07) is 16.3. The fourth-order valence-corrected chi connectivity index (χ4v) is 4.72. The van der Waals surface area contributed by atoms with Crippen LogP contribution in [0.4, 0.5) is 4.39 Å². The summed E-state index contributed by atoms with van der Waals surface area (Å²) in [5.41, 5.74) is 4.18. The first-order valence-corrected chi connectivity index (χ1v) is 10.8. The maximum Gasteiger partial charge on any atom is 0.275 e. The van der Waals surface area contributed by atoms with E-state index in [-0.39, 0.29) is 23.3 Å². The topological polar surface area (TPSA) is 55.5 Å². The number of halogens is 1. The highest BCUT2D eigenvalue weighted by atomic mass is 19.1. The molecule has 2 aromatic heterocycles. The van der Waals surface area contributed by atoms with Gasteiger partial charge in [0.15, 0.2) is 0 Å².